The lowest BCUT2D eigenvalue weighted by molar-refractivity contribution is 0.0593. The van der Waals surface area contributed by atoms with E-state index in [1.54, 1.807) is 6.20 Å². The van der Waals surface area contributed by atoms with E-state index in [-0.39, 0.29) is 11.1 Å². The molecule has 1 aromatic heterocycles. The van der Waals surface area contributed by atoms with Gasteiger partial charge in [-0.3, -0.25) is 4.98 Å². The third kappa shape index (κ3) is 2.78. The molecule has 0 aromatic carbocycles. The van der Waals surface area contributed by atoms with Crippen LogP contribution in [-0.4, -0.2) is 36.1 Å². The van der Waals surface area contributed by atoms with Crippen molar-refractivity contribution in [2.24, 2.45) is 5.41 Å². The van der Waals surface area contributed by atoms with Gasteiger partial charge in [-0.2, -0.15) is 0 Å². The first kappa shape index (κ1) is 12.8. The summed E-state index contributed by atoms with van der Waals surface area (Å²) in [6.07, 6.45) is 5.49. The number of carbonyl (C=O) groups excluding carboxylic acids is 1. The van der Waals surface area contributed by atoms with Crippen molar-refractivity contribution in [2.75, 3.05) is 25.1 Å². The van der Waals surface area contributed by atoms with Gasteiger partial charge >= 0.3 is 5.97 Å². The van der Waals surface area contributed by atoms with E-state index in [2.05, 4.69) is 33.5 Å². The standard InChI is InChI=1S/C13H19N3O2/c1-13(2)5-4-6-16(9-13)11-8-14-7-10(15-11)12(17)18-3/h7-8H,4-6,9H2,1-3H3. The van der Waals surface area contributed by atoms with Crippen LogP contribution in [0, 0.1) is 5.41 Å². The fraction of sp³-hybridized carbons (Fsp3) is 0.615. The molecular formula is C13H19N3O2. The molecule has 1 aliphatic heterocycles. The van der Waals surface area contributed by atoms with Gasteiger partial charge < -0.3 is 9.64 Å². The number of aromatic nitrogens is 2. The highest BCUT2D eigenvalue weighted by molar-refractivity contribution is 5.87. The molecule has 0 radical (unpaired) electrons. The molecule has 0 N–H and O–H groups in total. The SMILES string of the molecule is COC(=O)c1cncc(N2CCCC(C)(C)C2)n1. The average molecular weight is 249 g/mol. The first-order chi connectivity index (χ1) is 8.52. The maximum atomic E-state index is 11.4. The van der Waals surface area contributed by atoms with Gasteiger partial charge in [-0.05, 0) is 18.3 Å². The van der Waals surface area contributed by atoms with Gasteiger partial charge in [0, 0.05) is 13.1 Å². The predicted molar refractivity (Wildman–Crippen MR) is 68.6 cm³/mol. The van der Waals surface area contributed by atoms with Crippen molar-refractivity contribution >= 4 is 11.8 Å². The van der Waals surface area contributed by atoms with E-state index in [1.165, 1.54) is 19.7 Å². The van der Waals surface area contributed by atoms with E-state index in [0.29, 0.717) is 0 Å². The summed E-state index contributed by atoms with van der Waals surface area (Å²) in [5.41, 5.74) is 0.541. The second kappa shape index (κ2) is 4.92. The highest BCUT2D eigenvalue weighted by atomic mass is 16.5. The Morgan fingerprint density at radius 3 is 2.89 bits per heavy atom. The smallest absolute Gasteiger partial charge is 0.358 e. The molecule has 1 aromatic rings. The number of nitrogens with zero attached hydrogens (tertiary/aromatic N) is 3. The number of anilines is 1. The molecule has 1 fully saturated rings. The Morgan fingerprint density at radius 2 is 2.22 bits per heavy atom. The molecule has 0 aliphatic carbocycles. The van der Waals surface area contributed by atoms with E-state index < -0.39 is 5.97 Å². The van der Waals surface area contributed by atoms with E-state index >= 15 is 0 Å². The van der Waals surface area contributed by atoms with Crippen LogP contribution < -0.4 is 4.90 Å². The Bertz CT molecular complexity index is 446. The van der Waals surface area contributed by atoms with Crippen LogP contribution in [0.25, 0.3) is 0 Å². The van der Waals surface area contributed by atoms with Gasteiger partial charge in [0.25, 0.3) is 0 Å². The van der Waals surface area contributed by atoms with Crippen LogP contribution in [0.4, 0.5) is 5.82 Å². The lowest BCUT2D eigenvalue weighted by atomic mass is 9.84. The summed E-state index contributed by atoms with van der Waals surface area (Å²) in [5.74, 6) is 0.311. The molecule has 5 nitrogen and oxygen atoms in total. The minimum Gasteiger partial charge on any atom is -0.464 e. The predicted octanol–water partition coefficient (Wildman–Crippen LogP) is 1.89. The molecule has 0 amide bonds. The summed E-state index contributed by atoms with van der Waals surface area (Å²) in [4.78, 5) is 22.0. The second-order valence-corrected chi connectivity index (χ2v) is 5.44. The summed E-state index contributed by atoms with van der Waals surface area (Å²) in [6, 6.07) is 0. The summed E-state index contributed by atoms with van der Waals surface area (Å²) < 4.78 is 4.66. The lowest BCUT2D eigenvalue weighted by Gasteiger charge is -2.38. The van der Waals surface area contributed by atoms with Crippen LogP contribution in [0.2, 0.25) is 0 Å². The van der Waals surface area contributed by atoms with Crippen molar-refractivity contribution in [2.45, 2.75) is 26.7 Å². The average Bonchev–Trinajstić information content (AvgIpc) is 2.37. The van der Waals surface area contributed by atoms with E-state index in [1.807, 2.05) is 0 Å². The molecule has 0 spiro atoms. The molecule has 1 aliphatic rings. The summed E-state index contributed by atoms with van der Waals surface area (Å²) in [6.45, 7) is 6.39. The van der Waals surface area contributed by atoms with Crippen molar-refractivity contribution in [3.05, 3.63) is 18.1 Å². The molecule has 0 atom stereocenters. The zero-order valence-electron chi connectivity index (χ0n) is 11.1. The van der Waals surface area contributed by atoms with Gasteiger partial charge in [-0.1, -0.05) is 13.8 Å². The molecule has 1 saturated heterocycles. The molecule has 2 heterocycles. The van der Waals surface area contributed by atoms with Crippen LogP contribution in [0.15, 0.2) is 12.4 Å². The van der Waals surface area contributed by atoms with Crippen molar-refractivity contribution in [1.82, 2.24) is 9.97 Å². The van der Waals surface area contributed by atoms with E-state index in [9.17, 15) is 4.79 Å². The highest BCUT2D eigenvalue weighted by Crippen LogP contribution is 2.30. The Kier molecular flexibility index (Phi) is 3.50. The summed E-state index contributed by atoms with van der Waals surface area (Å²) in [7, 11) is 1.35. The van der Waals surface area contributed by atoms with Gasteiger partial charge in [-0.15, -0.1) is 0 Å². The monoisotopic (exact) mass is 249 g/mol. The molecule has 2 rings (SSSR count). The van der Waals surface area contributed by atoms with E-state index in [4.69, 9.17) is 0 Å². The minimum absolute atomic E-state index is 0.262. The number of ether oxygens (including phenoxy) is 1. The zero-order chi connectivity index (χ0) is 13.2. The Morgan fingerprint density at radius 1 is 1.44 bits per heavy atom. The summed E-state index contributed by atoms with van der Waals surface area (Å²) in [5, 5.41) is 0. The van der Waals surface area contributed by atoms with Crippen molar-refractivity contribution < 1.29 is 9.53 Å². The van der Waals surface area contributed by atoms with Crippen LogP contribution >= 0.6 is 0 Å². The van der Waals surface area contributed by atoms with Crippen LogP contribution in [-0.2, 0) is 4.74 Å². The molecule has 0 bridgehead atoms. The molecule has 5 heteroatoms. The van der Waals surface area contributed by atoms with Crippen molar-refractivity contribution in [3.8, 4) is 0 Å². The number of piperidine rings is 1. The molecule has 0 saturated carbocycles. The number of methoxy groups -OCH3 is 1. The first-order valence-electron chi connectivity index (χ1n) is 6.17. The first-order valence-corrected chi connectivity index (χ1v) is 6.17. The molecule has 18 heavy (non-hydrogen) atoms. The second-order valence-electron chi connectivity index (χ2n) is 5.44. The van der Waals surface area contributed by atoms with Crippen LogP contribution in [0.1, 0.15) is 37.2 Å². The quantitative estimate of drug-likeness (QED) is 0.749. The number of hydrogen-bond donors (Lipinski definition) is 0. The normalized spacial score (nSPS) is 18.5. The number of hydrogen-bond acceptors (Lipinski definition) is 5. The van der Waals surface area contributed by atoms with Gasteiger partial charge in [-0.25, -0.2) is 9.78 Å². The van der Waals surface area contributed by atoms with E-state index in [0.717, 1.165) is 25.3 Å². The fourth-order valence-electron chi connectivity index (χ4n) is 2.33. The molecular weight excluding hydrogens is 230 g/mol. The van der Waals surface area contributed by atoms with Crippen LogP contribution in [0.5, 0.6) is 0 Å². The Balaban J connectivity index is 2.20. The Labute approximate surface area is 107 Å². The fourth-order valence-corrected chi connectivity index (χ4v) is 2.33. The van der Waals surface area contributed by atoms with Crippen molar-refractivity contribution in [1.29, 1.82) is 0 Å². The maximum absolute atomic E-state index is 11.4. The third-order valence-corrected chi connectivity index (χ3v) is 3.24. The molecule has 98 valence electrons. The lowest BCUT2D eigenvalue weighted by Crippen LogP contribution is -2.40. The number of rotatable bonds is 2. The molecule has 0 unspecified atom stereocenters. The van der Waals surface area contributed by atoms with Gasteiger partial charge in [0.05, 0.1) is 19.5 Å². The zero-order valence-corrected chi connectivity index (χ0v) is 11.1. The minimum atomic E-state index is -0.444. The van der Waals surface area contributed by atoms with Gasteiger partial charge in [0.15, 0.2) is 5.69 Å². The van der Waals surface area contributed by atoms with Crippen molar-refractivity contribution in [3.63, 3.8) is 0 Å². The largest absolute Gasteiger partial charge is 0.464 e. The summed E-state index contributed by atoms with van der Waals surface area (Å²) >= 11 is 0. The maximum Gasteiger partial charge on any atom is 0.358 e. The van der Waals surface area contributed by atoms with Gasteiger partial charge in [0.1, 0.15) is 5.82 Å². The number of carbonyl (C=O) groups is 1. The Hall–Kier alpha value is -1.65. The van der Waals surface area contributed by atoms with Crippen LogP contribution in [0.3, 0.4) is 0 Å². The highest BCUT2D eigenvalue weighted by Gasteiger charge is 2.27. The van der Waals surface area contributed by atoms with Gasteiger partial charge in [0.2, 0.25) is 0 Å². The third-order valence-electron chi connectivity index (χ3n) is 3.24. The number of esters is 1. The topological polar surface area (TPSA) is 55.3 Å².